The lowest BCUT2D eigenvalue weighted by Crippen LogP contribution is -2.44. The van der Waals surface area contributed by atoms with Gasteiger partial charge < -0.3 is 5.32 Å². The molecule has 1 aromatic heterocycles. The van der Waals surface area contributed by atoms with Crippen molar-refractivity contribution < 1.29 is 4.79 Å². The minimum atomic E-state index is -0.418. The van der Waals surface area contributed by atoms with Gasteiger partial charge in [-0.25, -0.2) is 4.68 Å². The van der Waals surface area contributed by atoms with E-state index < -0.39 is 5.91 Å². The summed E-state index contributed by atoms with van der Waals surface area (Å²) in [5.74, 6) is -0.418. The Hall–Kier alpha value is -3.26. The Morgan fingerprint density at radius 2 is 1.69 bits per heavy atom. The van der Waals surface area contributed by atoms with Gasteiger partial charge in [0.2, 0.25) is 0 Å². The highest BCUT2D eigenvalue weighted by Crippen LogP contribution is 2.13. The topological polar surface area (TPSA) is 83.9 Å². The summed E-state index contributed by atoms with van der Waals surface area (Å²) in [5, 5.41) is 11.3. The molecule has 3 rings (SSSR count). The number of benzene rings is 2. The Labute approximate surface area is 156 Å². The highest BCUT2D eigenvalue weighted by atomic mass is 32.1. The summed E-state index contributed by atoms with van der Waals surface area (Å²) in [6, 6.07) is 17.2. The van der Waals surface area contributed by atoms with Crippen LogP contribution in [-0.4, -0.2) is 26.0 Å². The molecule has 0 spiro atoms. The van der Waals surface area contributed by atoms with Crippen LogP contribution in [0.4, 0.5) is 5.69 Å². The molecule has 132 valence electrons. The third-order valence-electron chi connectivity index (χ3n) is 3.79. The maximum atomic E-state index is 12.4. The molecule has 0 radical (unpaired) electrons. The van der Waals surface area contributed by atoms with Crippen molar-refractivity contribution in [2.75, 3.05) is 5.32 Å². The van der Waals surface area contributed by atoms with Gasteiger partial charge in [0.25, 0.3) is 5.91 Å². The van der Waals surface area contributed by atoms with E-state index in [4.69, 9.17) is 12.2 Å². The number of aryl methyl sites for hydroxylation is 1. The molecule has 0 aliphatic rings. The lowest BCUT2D eigenvalue weighted by atomic mass is 10.2. The zero-order chi connectivity index (χ0) is 18.5. The first-order valence-electron chi connectivity index (χ1n) is 7.97. The Kier molecular flexibility index (Phi) is 5.23. The highest BCUT2D eigenvalue weighted by molar-refractivity contribution is 7.80. The average Bonchev–Trinajstić information content (AvgIpc) is 3.04. The number of rotatable bonds is 3. The van der Waals surface area contributed by atoms with E-state index in [1.54, 1.807) is 11.6 Å². The molecule has 0 bridgehead atoms. The number of hydrogen-bond acceptors (Lipinski definition) is 4. The van der Waals surface area contributed by atoms with Crippen LogP contribution in [0.2, 0.25) is 0 Å². The van der Waals surface area contributed by atoms with Gasteiger partial charge in [-0.3, -0.25) is 15.6 Å². The molecule has 3 aromatic rings. The monoisotopic (exact) mass is 366 g/mol. The fraction of sp³-hybridized carbons (Fsp3) is 0.111. The third-order valence-corrected chi connectivity index (χ3v) is 4.00. The number of hydrazine groups is 1. The van der Waals surface area contributed by atoms with Crippen molar-refractivity contribution in [1.29, 1.82) is 0 Å². The van der Waals surface area contributed by atoms with Gasteiger partial charge in [-0.2, -0.15) is 0 Å². The Balaban J connectivity index is 1.63. The van der Waals surface area contributed by atoms with Gasteiger partial charge in [-0.1, -0.05) is 41.6 Å². The van der Waals surface area contributed by atoms with Crippen molar-refractivity contribution >= 4 is 28.9 Å². The number of aromatic nitrogens is 3. The third kappa shape index (κ3) is 3.86. The van der Waals surface area contributed by atoms with E-state index in [1.807, 2.05) is 61.5 Å². The fourth-order valence-corrected chi connectivity index (χ4v) is 2.55. The summed E-state index contributed by atoms with van der Waals surface area (Å²) in [5.41, 5.74) is 8.81. The highest BCUT2D eigenvalue weighted by Gasteiger charge is 2.17. The molecule has 0 saturated heterocycles. The molecule has 0 saturated carbocycles. The SMILES string of the molecule is Cc1ccccc1NC(=S)NNC(=O)c1nnn(-c2ccccc2)c1C. The number of nitrogens with zero attached hydrogens (tertiary/aromatic N) is 3. The summed E-state index contributed by atoms with van der Waals surface area (Å²) in [6.07, 6.45) is 0. The standard InChI is InChI=1S/C18H18N6OS/c1-12-8-6-7-11-15(12)19-18(26)22-21-17(25)16-13(2)24(23-20-16)14-9-4-3-5-10-14/h3-11H,1-2H3,(H,21,25)(H2,19,22,26). The Morgan fingerprint density at radius 3 is 2.42 bits per heavy atom. The number of thiocarbonyl (C=S) groups is 1. The van der Waals surface area contributed by atoms with Crippen LogP contribution in [0.3, 0.4) is 0 Å². The van der Waals surface area contributed by atoms with Crippen molar-refractivity contribution in [2.45, 2.75) is 13.8 Å². The van der Waals surface area contributed by atoms with Crippen LogP contribution in [0, 0.1) is 13.8 Å². The molecule has 0 unspecified atom stereocenters. The first-order valence-corrected chi connectivity index (χ1v) is 8.38. The van der Waals surface area contributed by atoms with E-state index >= 15 is 0 Å². The van der Waals surface area contributed by atoms with Crippen LogP contribution in [0.15, 0.2) is 54.6 Å². The Bertz CT molecular complexity index is 938. The molecule has 0 fully saturated rings. The predicted molar refractivity (Wildman–Crippen MR) is 104 cm³/mol. The summed E-state index contributed by atoms with van der Waals surface area (Å²) in [7, 11) is 0. The maximum Gasteiger partial charge on any atom is 0.292 e. The van der Waals surface area contributed by atoms with Crippen molar-refractivity contribution in [3.05, 3.63) is 71.5 Å². The number of nitrogens with one attached hydrogen (secondary N) is 3. The number of anilines is 1. The van der Waals surface area contributed by atoms with Crippen LogP contribution in [0.25, 0.3) is 5.69 Å². The van der Waals surface area contributed by atoms with Gasteiger partial charge in [0, 0.05) is 5.69 Å². The number of hydrogen-bond donors (Lipinski definition) is 3. The summed E-state index contributed by atoms with van der Waals surface area (Å²) >= 11 is 5.20. The van der Waals surface area contributed by atoms with Crippen molar-refractivity contribution in [3.8, 4) is 5.69 Å². The first kappa shape index (κ1) is 17.6. The molecule has 3 N–H and O–H groups in total. The second-order valence-electron chi connectivity index (χ2n) is 5.62. The van der Waals surface area contributed by atoms with Crippen LogP contribution in [0.5, 0.6) is 0 Å². The van der Waals surface area contributed by atoms with E-state index in [-0.39, 0.29) is 10.8 Å². The van der Waals surface area contributed by atoms with E-state index in [0.29, 0.717) is 5.69 Å². The van der Waals surface area contributed by atoms with Gasteiger partial charge >= 0.3 is 0 Å². The largest absolute Gasteiger partial charge is 0.331 e. The molecular formula is C18H18N6OS. The second kappa shape index (κ2) is 7.75. The molecule has 7 nitrogen and oxygen atoms in total. The number of carbonyl (C=O) groups is 1. The van der Waals surface area contributed by atoms with E-state index in [9.17, 15) is 4.79 Å². The molecule has 0 atom stereocenters. The normalized spacial score (nSPS) is 10.2. The van der Waals surface area contributed by atoms with Gasteiger partial charge in [-0.05, 0) is 49.8 Å². The smallest absolute Gasteiger partial charge is 0.292 e. The van der Waals surface area contributed by atoms with E-state index in [1.165, 1.54) is 0 Å². The quantitative estimate of drug-likeness (QED) is 0.488. The lowest BCUT2D eigenvalue weighted by molar-refractivity contribution is 0.0938. The van der Waals surface area contributed by atoms with Crippen LogP contribution in [0.1, 0.15) is 21.7 Å². The molecular weight excluding hydrogens is 348 g/mol. The van der Waals surface area contributed by atoms with Crippen molar-refractivity contribution in [3.63, 3.8) is 0 Å². The predicted octanol–water partition coefficient (Wildman–Crippen LogP) is 2.52. The minimum absolute atomic E-state index is 0.222. The summed E-state index contributed by atoms with van der Waals surface area (Å²) in [6.45, 7) is 3.75. The number of para-hydroxylation sites is 2. The number of amides is 1. The van der Waals surface area contributed by atoms with Gasteiger partial charge in [0.05, 0.1) is 11.4 Å². The molecule has 1 heterocycles. The zero-order valence-electron chi connectivity index (χ0n) is 14.4. The molecule has 0 aliphatic heterocycles. The minimum Gasteiger partial charge on any atom is -0.331 e. The fourth-order valence-electron chi connectivity index (χ4n) is 2.39. The molecule has 8 heteroatoms. The van der Waals surface area contributed by atoms with Gasteiger partial charge in [0.15, 0.2) is 10.8 Å². The van der Waals surface area contributed by atoms with E-state index in [0.717, 1.165) is 16.9 Å². The number of carbonyl (C=O) groups excluding carboxylic acids is 1. The van der Waals surface area contributed by atoms with E-state index in [2.05, 4.69) is 26.5 Å². The van der Waals surface area contributed by atoms with Gasteiger partial charge in [0.1, 0.15) is 0 Å². The van der Waals surface area contributed by atoms with Crippen molar-refractivity contribution in [2.24, 2.45) is 0 Å². The van der Waals surface area contributed by atoms with Crippen LogP contribution < -0.4 is 16.2 Å². The first-order chi connectivity index (χ1) is 12.6. The van der Waals surface area contributed by atoms with Crippen LogP contribution >= 0.6 is 12.2 Å². The average molecular weight is 366 g/mol. The maximum absolute atomic E-state index is 12.4. The second-order valence-corrected chi connectivity index (χ2v) is 6.03. The molecule has 2 aromatic carbocycles. The zero-order valence-corrected chi connectivity index (χ0v) is 15.2. The van der Waals surface area contributed by atoms with Crippen LogP contribution in [-0.2, 0) is 0 Å². The molecule has 1 amide bonds. The summed E-state index contributed by atoms with van der Waals surface area (Å²) in [4.78, 5) is 12.4. The lowest BCUT2D eigenvalue weighted by Gasteiger charge is -2.12. The Morgan fingerprint density at radius 1 is 1.00 bits per heavy atom. The van der Waals surface area contributed by atoms with Gasteiger partial charge in [-0.15, -0.1) is 5.10 Å². The molecule has 0 aliphatic carbocycles. The molecule has 26 heavy (non-hydrogen) atoms. The summed E-state index contributed by atoms with van der Waals surface area (Å²) < 4.78 is 1.61. The van der Waals surface area contributed by atoms with Crippen molar-refractivity contribution in [1.82, 2.24) is 25.8 Å².